The van der Waals surface area contributed by atoms with Gasteiger partial charge in [-0.25, -0.2) is 9.97 Å². The molecule has 0 saturated carbocycles. The van der Waals surface area contributed by atoms with E-state index >= 15 is 0 Å². The molecule has 1 aliphatic heterocycles. The summed E-state index contributed by atoms with van der Waals surface area (Å²) in [6, 6.07) is 10.1. The highest BCUT2D eigenvalue weighted by Crippen LogP contribution is 2.31. The molecule has 128 valence electrons. The van der Waals surface area contributed by atoms with E-state index in [0.717, 1.165) is 41.6 Å². The normalized spacial score (nSPS) is 17.4. The standard InChI is InChI=1S/C19H21N5O/c1-13-9-20-19(22-13)18-17(15-6-4-3-5-7-15)21-12-24(18)11-14-8-16(25)23(2)10-14/h3-7,9,12,14H,8,10-11H2,1-2H3,(H,20,22). The molecule has 2 aromatic heterocycles. The summed E-state index contributed by atoms with van der Waals surface area (Å²) in [4.78, 5) is 26.1. The molecule has 1 saturated heterocycles. The Bertz CT molecular complexity index is 896. The zero-order valence-corrected chi connectivity index (χ0v) is 14.4. The monoisotopic (exact) mass is 335 g/mol. The summed E-state index contributed by atoms with van der Waals surface area (Å²) in [6.07, 6.45) is 4.28. The number of carbonyl (C=O) groups is 1. The Morgan fingerprint density at radius 2 is 2.04 bits per heavy atom. The van der Waals surface area contributed by atoms with Gasteiger partial charge in [-0.05, 0) is 6.92 Å². The Morgan fingerprint density at radius 3 is 2.68 bits per heavy atom. The highest BCUT2D eigenvalue weighted by Gasteiger charge is 2.28. The third kappa shape index (κ3) is 2.95. The van der Waals surface area contributed by atoms with Gasteiger partial charge in [-0.1, -0.05) is 30.3 Å². The van der Waals surface area contributed by atoms with Gasteiger partial charge in [-0.15, -0.1) is 0 Å². The molecular formula is C19H21N5O. The number of aromatic amines is 1. The van der Waals surface area contributed by atoms with E-state index in [1.807, 2.05) is 44.7 Å². The summed E-state index contributed by atoms with van der Waals surface area (Å²) < 4.78 is 2.12. The van der Waals surface area contributed by atoms with Gasteiger partial charge >= 0.3 is 0 Å². The summed E-state index contributed by atoms with van der Waals surface area (Å²) >= 11 is 0. The van der Waals surface area contributed by atoms with E-state index in [4.69, 9.17) is 0 Å². The maximum atomic E-state index is 11.8. The average Bonchev–Trinajstić information content (AvgIpc) is 3.29. The molecule has 0 spiro atoms. The lowest BCUT2D eigenvalue weighted by Gasteiger charge is -2.13. The Morgan fingerprint density at radius 1 is 1.24 bits per heavy atom. The maximum Gasteiger partial charge on any atom is 0.222 e. The molecular weight excluding hydrogens is 314 g/mol. The van der Waals surface area contributed by atoms with Crippen LogP contribution in [-0.2, 0) is 11.3 Å². The molecule has 0 bridgehead atoms. The first-order chi connectivity index (χ1) is 12.1. The number of benzene rings is 1. The lowest BCUT2D eigenvalue weighted by atomic mass is 10.1. The Hall–Kier alpha value is -2.89. The number of likely N-dealkylation sites (tertiary alicyclic amines) is 1. The van der Waals surface area contributed by atoms with Crippen LogP contribution in [-0.4, -0.2) is 43.9 Å². The summed E-state index contributed by atoms with van der Waals surface area (Å²) in [5, 5.41) is 0. The Kier molecular flexibility index (Phi) is 3.87. The highest BCUT2D eigenvalue weighted by molar-refractivity contribution is 5.78. The lowest BCUT2D eigenvalue weighted by molar-refractivity contribution is -0.126. The number of aromatic nitrogens is 4. The van der Waals surface area contributed by atoms with Gasteiger partial charge in [0.2, 0.25) is 5.91 Å². The molecule has 25 heavy (non-hydrogen) atoms. The third-order valence-corrected chi connectivity index (χ3v) is 4.69. The molecule has 3 heterocycles. The van der Waals surface area contributed by atoms with Crippen LogP contribution >= 0.6 is 0 Å². The molecule has 0 aliphatic carbocycles. The summed E-state index contributed by atoms with van der Waals surface area (Å²) in [7, 11) is 1.86. The molecule has 1 amide bonds. The molecule has 0 radical (unpaired) electrons. The van der Waals surface area contributed by atoms with Crippen molar-refractivity contribution >= 4 is 5.91 Å². The smallest absolute Gasteiger partial charge is 0.222 e. The van der Waals surface area contributed by atoms with Crippen molar-refractivity contribution in [2.24, 2.45) is 5.92 Å². The van der Waals surface area contributed by atoms with Crippen LogP contribution < -0.4 is 0 Å². The maximum absolute atomic E-state index is 11.8. The Labute approximate surface area is 146 Å². The minimum atomic E-state index is 0.212. The number of nitrogens with one attached hydrogen (secondary N) is 1. The number of amides is 1. The van der Waals surface area contributed by atoms with Crippen molar-refractivity contribution < 1.29 is 4.79 Å². The second-order valence-corrected chi connectivity index (χ2v) is 6.72. The molecule has 1 N–H and O–H groups in total. The Balaban J connectivity index is 1.74. The van der Waals surface area contributed by atoms with Gasteiger partial charge < -0.3 is 14.5 Å². The van der Waals surface area contributed by atoms with Gasteiger partial charge in [0.25, 0.3) is 0 Å². The van der Waals surface area contributed by atoms with Crippen LogP contribution in [0, 0.1) is 12.8 Å². The van der Waals surface area contributed by atoms with Gasteiger partial charge in [-0.2, -0.15) is 0 Å². The van der Waals surface area contributed by atoms with Crippen molar-refractivity contribution in [1.82, 2.24) is 24.4 Å². The SMILES string of the molecule is Cc1cnc(-c2c(-c3ccccc3)ncn2CC2CC(=O)N(C)C2)[nH]1. The van der Waals surface area contributed by atoms with Crippen LogP contribution in [0.2, 0.25) is 0 Å². The number of hydrogen-bond acceptors (Lipinski definition) is 3. The third-order valence-electron chi connectivity index (χ3n) is 4.69. The first kappa shape index (κ1) is 15.6. The van der Waals surface area contributed by atoms with E-state index in [2.05, 4.69) is 31.7 Å². The predicted molar refractivity (Wildman–Crippen MR) is 95.7 cm³/mol. The zero-order chi connectivity index (χ0) is 17.4. The summed E-state index contributed by atoms with van der Waals surface area (Å²) in [5.74, 6) is 1.32. The second kappa shape index (κ2) is 6.20. The first-order valence-electron chi connectivity index (χ1n) is 8.48. The number of rotatable bonds is 4. The minimum Gasteiger partial charge on any atom is -0.345 e. The minimum absolute atomic E-state index is 0.212. The largest absolute Gasteiger partial charge is 0.345 e. The summed E-state index contributed by atoms with van der Waals surface area (Å²) in [5.41, 5.74) is 3.95. The topological polar surface area (TPSA) is 66.8 Å². The molecule has 1 unspecified atom stereocenters. The average molecular weight is 335 g/mol. The van der Waals surface area contributed by atoms with Gasteiger partial charge in [-0.3, -0.25) is 4.79 Å². The first-order valence-corrected chi connectivity index (χ1v) is 8.48. The molecule has 1 fully saturated rings. The fourth-order valence-corrected chi connectivity index (χ4v) is 3.47. The van der Waals surface area contributed by atoms with Gasteiger partial charge in [0.05, 0.1) is 12.0 Å². The number of H-pyrrole nitrogens is 1. The van der Waals surface area contributed by atoms with Crippen molar-refractivity contribution in [3.63, 3.8) is 0 Å². The number of aryl methyl sites for hydroxylation is 1. The van der Waals surface area contributed by atoms with Crippen molar-refractivity contribution in [3.05, 3.63) is 48.5 Å². The molecule has 6 heteroatoms. The van der Waals surface area contributed by atoms with E-state index in [9.17, 15) is 4.79 Å². The van der Waals surface area contributed by atoms with Gasteiger partial charge in [0, 0.05) is 49.9 Å². The van der Waals surface area contributed by atoms with Gasteiger partial charge in [0.1, 0.15) is 5.69 Å². The molecule has 4 rings (SSSR count). The van der Waals surface area contributed by atoms with E-state index in [0.29, 0.717) is 12.3 Å². The van der Waals surface area contributed by atoms with Crippen molar-refractivity contribution in [3.8, 4) is 22.8 Å². The van der Waals surface area contributed by atoms with Crippen LogP contribution in [0.25, 0.3) is 22.8 Å². The lowest BCUT2D eigenvalue weighted by Crippen LogP contribution is -2.20. The number of hydrogen-bond donors (Lipinski definition) is 1. The zero-order valence-electron chi connectivity index (χ0n) is 14.4. The van der Waals surface area contributed by atoms with Crippen molar-refractivity contribution in [1.29, 1.82) is 0 Å². The number of nitrogens with zero attached hydrogens (tertiary/aromatic N) is 4. The fourth-order valence-electron chi connectivity index (χ4n) is 3.47. The van der Waals surface area contributed by atoms with E-state index in [1.54, 1.807) is 4.90 Å². The van der Waals surface area contributed by atoms with Crippen LogP contribution in [0.1, 0.15) is 12.1 Å². The van der Waals surface area contributed by atoms with Crippen molar-refractivity contribution in [2.45, 2.75) is 19.9 Å². The molecule has 1 aliphatic rings. The molecule has 1 aromatic carbocycles. The van der Waals surface area contributed by atoms with E-state index in [1.165, 1.54) is 0 Å². The quantitative estimate of drug-likeness (QED) is 0.797. The van der Waals surface area contributed by atoms with Crippen LogP contribution in [0.3, 0.4) is 0 Å². The predicted octanol–water partition coefficient (Wildman–Crippen LogP) is 2.73. The second-order valence-electron chi connectivity index (χ2n) is 6.72. The number of carbonyl (C=O) groups excluding carboxylic acids is 1. The fraction of sp³-hybridized carbons (Fsp3) is 0.316. The number of imidazole rings is 2. The molecule has 3 aromatic rings. The molecule has 6 nitrogen and oxygen atoms in total. The van der Waals surface area contributed by atoms with Crippen LogP contribution in [0.4, 0.5) is 0 Å². The molecule has 1 atom stereocenters. The van der Waals surface area contributed by atoms with Gasteiger partial charge in [0.15, 0.2) is 5.82 Å². The van der Waals surface area contributed by atoms with E-state index in [-0.39, 0.29) is 5.91 Å². The van der Waals surface area contributed by atoms with Crippen LogP contribution in [0.15, 0.2) is 42.9 Å². The van der Waals surface area contributed by atoms with E-state index < -0.39 is 0 Å². The highest BCUT2D eigenvalue weighted by atomic mass is 16.2. The van der Waals surface area contributed by atoms with Crippen LogP contribution in [0.5, 0.6) is 0 Å². The summed E-state index contributed by atoms with van der Waals surface area (Å²) in [6.45, 7) is 3.53. The van der Waals surface area contributed by atoms with Crippen molar-refractivity contribution in [2.75, 3.05) is 13.6 Å².